The van der Waals surface area contributed by atoms with Crippen LogP contribution in [-0.4, -0.2) is 11.1 Å². The highest BCUT2D eigenvalue weighted by atomic mass is 32.1. The quantitative estimate of drug-likeness (QED) is 0.813. The summed E-state index contributed by atoms with van der Waals surface area (Å²) in [6, 6.07) is 1.93. The molecule has 2 nitrogen and oxygen atoms in total. The Morgan fingerprint density at radius 2 is 1.94 bits per heavy atom. The van der Waals surface area contributed by atoms with Crippen molar-refractivity contribution in [3.63, 3.8) is 0 Å². The molecule has 18 heavy (non-hydrogen) atoms. The number of aromatic carboxylic acids is 1. The number of hydrogen-bond acceptors (Lipinski definition) is 2. The van der Waals surface area contributed by atoms with Crippen LogP contribution in [0.4, 0.5) is 0 Å². The van der Waals surface area contributed by atoms with Crippen molar-refractivity contribution in [2.75, 3.05) is 0 Å². The molecule has 3 rings (SSSR count). The zero-order chi connectivity index (χ0) is 12.5. The van der Waals surface area contributed by atoms with E-state index >= 15 is 0 Å². The Hall–Kier alpha value is -0.830. The molecule has 2 atom stereocenters. The van der Waals surface area contributed by atoms with Gasteiger partial charge in [0.15, 0.2) is 0 Å². The lowest BCUT2D eigenvalue weighted by Crippen LogP contribution is -2.20. The zero-order valence-electron chi connectivity index (χ0n) is 10.7. The lowest BCUT2D eigenvalue weighted by molar-refractivity contribution is 0.0702. The molecule has 98 valence electrons. The summed E-state index contributed by atoms with van der Waals surface area (Å²) in [7, 11) is 0. The van der Waals surface area contributed by atoms with Gasteiger partial charge >= 0.3 is 5.97 Å². The van der Waals surface area contributed by atoms with Gasteiger partial charge in [0.05, 0.1) is 0 Å². The van der Waals surface area contributed by atoms with Gasteiger partial charge in [-0.3, -0.25) is 0 Å². The molecule has 2 aliphatic rings. The Balaban J connectivity index is 1.91. The predicted octanol–water partition coefficient (Wildman–Crippen LogP) is 4.45. The van der Waals surface area contributed by atoms with Gasteiger partial charge in [-0.15, -0.1) is 11.3 Å². The zero-order valence-corrected chi connectivity index (χ0v) is 11.5. The molecule has 0 aromatic carbocycles. The maximum Gasteiger partial charge on any atom is 0.345 e. The largest absolute Gasteiger partial charge is 0.477 e. The molecule has 1 heterocycles. The van der Waals surface area contributed by atoms with E-state index in [0.29, 0.717) is 10.8 Å². The van der Waals surface area contributed by atoms with Crippen molar-refractivity contribution < 1.29 is 9.90 Å². The Labute approximate surface area is 112 Å². The number of hydrogen-bond donors (Lipinski definition) is 1. The van der Waals surface area contributed by atoms with E-state index in [0.717, 1.165) is 12.3 Å². The summed E-state index contributed by atoms with van der Waals surface area (Å²) in [6.07, 6.45) is 10.4. The SMILES string of the molecule is O=C(O)c1cc2c(s1)C1CCCCCCC1CC2. The van der Waals surface area contributed by atoms with E-state index in [1.165, 1.54) is 55.4 Å². The van der Waals surface area contributed by atoms with E-state index in [-0.39, 0.29) is 0 Å². The van der Waals surface area contributed by atoms with Crippen LogP contribution in [0.25, 0.3) is 0 Å². The highest BCUT2D eigenvalue weighted by molar-refractivity contribution is 7.14. The van der Waals surface area contributed by atoms with E-state index in [1.54, 1.807) is 11.3 Å². The smallest absolute Gasteiger partial charge is 0.345 e. The van der Waals surface area contributed by atoms with Crippen LogP contribution in [0.2, 0.25) is 0 Å². The van der Waals surface area contributed by atoms with Crippen LogP contribution in [0.1, 0.15) is 71.0 Å². The second-order valence-corrected chi connectivity index (χ2v) is 6.79. The van der Waals surface area contributed by atoms with Crippen molar-refractivity contribution in [3.05, 3.63) is 21.4 Å². The van der Waals surface area contributed by atoms with Gasteiger partial charge in [0.1, 0.15) is 4.88 Å². The minimum atomic E-state index is -0.753. The fraction of sp³-hybridized carbons (Fsp3) is 0.667. The van der Waals surface area contributed by atoms with Crippen molar-refractivity contribution in [1.29, 1.82) is 0 Å². The second kappa shape index (κ2) is 5.04. The van der Waals surface area contributed by atoms with Crippen LogP contribution in [0.5, 0.6) is 0 Å². The standard InChI is InChI=1S/C15H20O2S/c16-15(17)13-9-11-8-7-10-5-3-1-2-4-6-12(10)14(11)18-13/h9-10,12H,1-8H2,(H,16,17). The number of thiophene rings is 1. The number of carbonyl (C=O) groups is 1. The second-order valence-electron chi connectivity index (χ2n) is 5.70. The Bertz CT molecular complexity index is 449. The molecule has 0 spiro atoms. The maximum atomic E-state index is 11.1. The highest BCUT2D eigenvalue weighted by Crippen LogP contribution is 2.46. The molecule has 1 saturated carbocycles. The number of aryl methyl sites for hydroxylation is 1. The lowest BCUT2D eigenvalue weighted by Gasteiger charge is -2.33. The van der Waals surface area contributed by atoms with Crippen molar-refractivity contribution in [2.24, 2.45) is 5.92 Å². The van der Waals surface area contributed by atoms with Gasteiger partial charge in [-0.25, -0.2) is 4.79 Å². The molecule has 1 aromatic rings. The van der Waals surface area contributed by atoms with Crippen molar-refractivity contribution >= 4 is 17.3 Å². The van der Waals surface area contributed by atoms with E-state index in [4.69, 9.17) is 5.11 Å². The summed E-state index contributed by atoms with van der Waals surface area (Å²) in [5.74, 6) is 0.724. The average molecular weight is 264 g/mol. The van der Waals surface area contributed by atoms with E-state index in [9.17, 15) is 4.79 Å². The number of carboxylic acids is 1. The third-order valence-electron chi connectivity index (χ3n) is 4.58. The van der Waals surface area contributed by atoms with Crippen molar-refractivity contribution in [1.82, 2.24) is 0 Å². The number of rotatable bonds is 1. The predicted molar refractivity (Wildman–Crippen MR) is 73.5 cm³/mol. The summed E-state index contributed by atoms with van der Waals surface area (Å²) in [6.45, 7) is 0. The topological polar surface area (TPSA) is 37.3 Å². The van der Waals surface area contributed by atoms with Crippen LogP contribution in [0.15, 0.2) is 6.07 Å². The van der Waals surface area contributed by atoms with Crippen LogP contribution in [-0.2, 0) is 6.42 Å². The summed E-state index contributed by atoms with van der Waals surface area (Å²) in [5.41, 5.74) is 1.33. The first-order valence-corrected chi connectivity index (χ1v) is 7.93. The Kier molecular flexibility index (Phi) is 3.42. The first-order valence-electron chi connectivity index (χ1n) is 7.11. The van der Waals surface area contributed by atoms with Crippen LogP contribution < -0.4 is 0 Å². The van der Waals surface area contributed by atoms with Gasteiger partial charge in [-0.2, -0.15) is 0 Å². The molecule has 0 saturated heterocycles. The van der Waals surface area contributed by atoms with E-state index in [1.807, 2.05) is 6.07 Å². The van der Waals surface area contributed by atoms with E-state index in [2.05, 4.69) is 0 Å². The van der Waals surface area contributed by atoms with Gasteiger partial charge in [-0.1, -0.05) is 25.7 Å². The van der Waals surface area contributed by atoms with Gasteiger partial charge < -0.3 is 5.11 Å². The maximum absolute atomic E-state index is 11.1. The summed E-state index contributed by atoms with van der Waals surface area (Å²) in [5, 5.41) is 9.14. The van der Waals surface area contributed by atoms with Crippen molar-refractivity contribution in [2.45, 2.75) is 57.3 Å². The molecular weight excluding hydrogens is 244 g/mol. The van der Waals surface area contributed by atoms with Crippen molar-refractivity contribution in [3.8, 4) is 0 Å². The van der Waals surface area contributed by atoms with Crippen LogP contribution in [0, 0.1) is 5.92 Å². The first-order chi connectivity index (χ1) is 8.75. The van der Waals surface area contributed by atoms with Crippen LogP contribution in [0.3, 0.4) is 0 Å². The van der Waals surface area contributed by atoms with Gasteiger partial charge in [0, 0.05) is 4.88 Å². The van der Waals surface area contributed by atoms with Crippen LogP contribution >= 0.6 is 11.3 Å². The lowest BCUT2D eigenvalue weighted by atomic mass is 9.73. The molecule has 1 aromatic heterocycles. The molecule has 1 fully saturated rings. The van der Waals surface area contributed by atoms with Gasteiger partial charge in [-0.05, 0) is 49.1 Å². The number of fused-ring (bicyclic) bond motifs is 3. The molecule has 2 unspecified atom stereocenters. The van der Waals surface area contributed by atoms with Gasteiger partial charge in [0.25, 0.3) is 0 Å². The summed E-state index contributed by atoms with van der Waals surface area (Å²) >= 11 is 1.55. The summed E-state index contributed by atoms with van der Waals surface area (Å²) < 4.78 is 0. The third kappa shape index (κ3) is 2.20. The monoisotopic (exact) mass is 264 g/mol. The molecule has 1 N–H and O–H groups in total. The molecule has 0 radical (unpaired) electrons. The molecule has 0 amide bonds. The molecule has 2 aliphatic carbocycles. The third-order valence-corrected chi connectivity index (χ3v) is 5.88. The molecule has 0 aliphatic heterocycles. The highest BCUT2D eigenvalue weighted by Gasteiger charge is 2.32. The fourth-order valence-electron chi connectivity index (χ4n) is 3.65. The minimum Gasteiger partial charge on any atom is -0.477 e. The first kappa shape index (κ1) is 12.2. The fourth-order valence-corrected chi connectivity index (χ4v) is 4.93. The average Bonchev–Trinajstić information content (AvgIpc) is 2.73. The normalized spacial score (nSPS) is 27.8. The summed E-state index contributed by atoms with van der Waals surface area (Å²) in [4.78, 5) is 13.1. The van der Waals surface area contributed by atoms with E-state index < -0.39 is 5.97 Å². The number of carboxylic acid groups (broad SMARTS) is 1. The molecule has 3 heteroatoms. The molecular formula is C15H20O2S. The minimum absolute atomic E-state index is 0.544. The Morgan fingerprint density at radius 3 is 2.72 bits per heavy atom. The Morgan fingerprint density at radius 1 is 1.17 bits per heavy atom. The molecule has 0 bridgehead atoms. The van der Waals surface area contributed by atoms with Gasteiger partial charge in [0.2, 0.25) is 0 Å².